The molecule has 1 aliphatic heterocycles. The molecule has 1 amide bonds. The molecule has 1 saturated heterocycles. The first-order chi connectivity index (χ1) is 14.2. The Bertz CT molecular complexity index is 926. The quantitative estimate of drug-likeness (QED) is 0.666. The number of carbonyl (C=O) groups excluding carboxylic acids is 1. The van der Waals surface area contributed by atoms with Crippen LogP contribution in [0.25, 0.3) is 10.8 Å². The van der Waals surface area contributed by atoms with Crippen LogP contribution in [0.1, 0.15) is 17.4 Å². The van der Waals surface area contributed by atoms with E-state index in [2.05, 4.69) is 35.1 Å². The van der Waals surface area contributed by atoms with Gasteiger partial charge in [-0.2, -0.15) is 0 Å². The Morgan fingerprint density at radius 3 is 2.59 bits per heavy atom. The Hall–Kier alpha value is -2.91. The van der Waals surface area contributed by atoms with Gasteiger partial charge in [0, 0.05) is 62.7 Å². The largest absolute Gasteiger partial charge is 0.354 e. The van der Waals surface area contributed by atoms with E-state index in [0.717, 1.165) is 38.5 Å². The van der Waals surface area contributed by atoms with E-state index in [1.807, 2.05) is 31.3 Å². The van der Waals surface area contributed by atoms with Gasteiger partial charge in [-0.05, 0) is 25.1 Å². The Kier molecular flexibility index (Phi) is 6.06. The van der Waals surface area contributed by atoms with E-state index in [0.29, 0.717) is 16.5 Å². The lowest BCUT2D eigenvalue weighted by Gasteiger charge is -2.36. The highest BCUT2D eigenvalue weighted by Gasteiger charge is 2.21. The average molecular weight is 410 g/mol. The van der Waals surface area contributed by atoms with Crippen molar-refractivity contribution in [3.63, 3.8) is 0 Å². The summed E-state index contributed by atoms with van der Waals surface area (Å²) in [7, 11) is 0. The van der Waals surface area contributed by atoms with Crippen molar-refractivity contribution in [2.24, 2.45) is 0 Å². The van der Waals surface area contributed by atoms with Crippen molar-refractivity contribution in [1.82, 2.24) is 30.2 Å². The number of thiazole rings is 1. The van der Waals surface area contributed by atoms with Gasteiger partial charge in [-0.15, -0.1) is 11.3 Å². The van der Waals surface area contributed by atoms with Crippen molar-refractivity contribution in [1.29, 1.82) is 0 Å². The molecule has 4 rings (SSSR count). The van der Waals surface area contributed by atoms with E-state index in [-0.39, 0.29) is 11.9 Å². The average Bonchev–Trinajstić information content (AvgIpc) is 3.26. The highest BCUT2D eigenvalue weighted by Crippen LogP contribution is 2.19. The fourth-order valence-electron chi connectivity index (χ4n) is 3.32. The Balaban J connectivity index is 1.26. The topological polar surface area (TPSA) is 87.1 Å². The van der Waals surface area contributed by atoms with Gasteiger partial charge in [-0.1, -0.05) is 6.07 Å². The summed E-state index contributed by atoms with van der Waals surface area (Å²) in [5.41, 5.74) is 0.407. The van der Waals surface area contributed by atoms with Crippen molar-refractivity contribution in [3.8, 4) is 10.8 Å². The van der Waals surface area contributed by atoms with Crippen molar-refractivity contribution in [2.45, 2.75) is 13.0 Å². The molecule has 1 aliphatic rings. The van der Waals surface area contributed by atoms with Crippen LogP contribution in [0.3, 0.4) is 0 Å². The smallest absolute Gasteiger partial charge is 0.271 e. The Morgan fingerprint density at radius 1 is 1.10 bits per heavy atom. The second-order valence-electron chi connectivity index (χ2n) is 6.96. The number of aromatic nitrogens is 4. The first-order valence-electron chi connectivity index (χ1n) is 9.61. The van der Waals surface area contributed by atoms with E-state index in [1.54, 1.807) is 23.8 Å². The molecule has 0 aromatic carbocycles. The van der Waals surface area contributed by atoms with Crippen molar-refractivity contribution in [3.05, 3.63) is 53.9 Å². The molecule has 0 radical (unpaired) electrons. The minimum absolute atomic E-state index is 0.0297. The third-order valence-corrected chi connectivity index (χ3v) is 5.59. The SMILES string of the molecule is CC(CN1CCN(c2ccccn2)CC1)NC(=O)c1csc(-c2ncccn2)n1. The van der Waals surface area contributed by atoms with Gasteiger partial charge in [0.05, 0.1) is 0 Å². The van der Waals surface area contributed by atoms with Gasteiger partial charge in [0.15, 0.2) is 10.8 Å². The van der Waals surface area contributed by atoms with Gasteiger partial charge in [-0.25, -0.2) is 19.9 Å². The molecule has 1 atom stereocenters. The molecule has 1 fully saturated rings. The van der Waals surface area contributed by atoms with Gasteiger partial charge < -0.3 is 10.2 Å². The molecule has 29 heavy (non-hydrogen) atoms. The van der Waals surface area contributed by atoms with Gasteiger partial charge in [0.25, 0.3) is 5.91 Å². The normalized spacial score (nSPS) is 15.8. The van der Waals surface area contributed by atoms with Crippen LogP contribution in [0.5, 0.6) is 0 Å². The van der Waals surface area contributed by atoms with Gasteiger partial charge in [0.2, 0.25) is 0 Å². The van der Waals surface area contributed by atoms with Crippen LogP contribution < -0.4 is 10.2 Å². The maximum atomic E-state index is 12.5. The van der Waals surface area contributed by atoms with Crippen LogP contribution in [-0.2, 0) is 0 Å². The number of pyridine rings is 1. The molecule has 8 nitrogen and oxygen atoms in total. The zero-order valence-electron chi connectivity index (χ0n) is 16.2. The van der Waals surface area contributed by atoms with Gasteiger partial charge in [-0.3, -0.25) is 9.69 Å². The number of hydrogen-bond donors (Lipinski definition) is 1. The number of carbonyl (C=O) groups is 1. The van der Waals surface area contributed by atoms with Gasteiger partial charge >= 0.3 is 0 Å². The molecule has 0 saturated carbocycles. The van der Waals surface area contributed by atoms with Crippen LogP contribution in [0, 0.1) is 0 Å². The van der Waals surface area contributed by atoms with Crippen LogP contribution in [-0.4, -0.2) is 69.5 Å². The second kappa shape index (κ2) is 9.06. The highest BCUT2D eigenvalue weighted by molar-refractivity contribution is 7.13. The molecule has 150 valence electrons. The summed E-state index contributed by atoms with van der Waals surface area (Å²) < 4.78 is 0. The number of piperazine rings is 1. The zero-order chi connectivity index (χ0) is 20.1. The lowest BCUT2D eigenvalue weighted by Crippen LogP contribution is -2.51. The van der Waals surface area contributed by atoms with E-state index >= 15 is 0 Å². The highest BCUT2D eigenvalue weighted by atomic mass is 32.1. The summed E-state index contributed by atoms with van der Waals surface area (Å²) >= 11 is 1.37. The summed E-state index contributed by atoms with van der Waals surface area (Å²) in [6, 6.07) is 7.77. The van der Waals surface area contributed by atoms with Crippen molar-refractivity contribution in [2.75, 3.05) is 37.6 Å². The Labute approximate surface area is 173 Å². The third-order valence-electron chi connectivity index (χ3n) is 4.75. The van der Waals surface area contributed by atoms with Gasteiger partial charge in [0.1, 0.15) is 11.5 Å². The summed E-state index contributed by atoms with van der Waals surface area (Å²) in [5, 5.41) is 5.44. The van der Waals surface area contributed by atoms with Crippen LogP contribution in [0.15, 0.2) is 48.2 Å². The van der Waals surface area contributed by atoms with E-state index in [9.17, 15) is 4.79 Å². The summed E-state index contributed by atoms with van der Waals surface area (Å²) in [5.74, 6) is 1.40. The lowest BCUT2D eigenvalue weighted by molar-refractivity contribution is 0.0924. The fraction of sp³-hybridized carbons (Fsp3) is 0.350. The van der Waals surface area contributed by atoms with Crippen molar-refractivity contribution < 1.29 is 4.79 Å². The molecule has 1 unspecified atom stereocenters. The first-order valence-corrected chi connectivity index (χ1v) is 10.5. The fourth-order valence-corrected chi connectivity index (χ4v) is 4.07. The molecule has 1 N–H and O–H groups in total. The molecular formula is C20H23N7OS. The number of nitrogens with one attached hydrogen (secondary N) is 1. The minimum Gasteiger partial charge on any atom is -0.354 e. The second-order valence-corrected chi connectivity index (χ2v) is 7.82. The lowest BCUT2D eigenvalue weighted by atomic mass is 10.2. The minimum atomic E-state index is -0.164. The number of hydrogen-bond acceptors (Lipinski definition) is 8. The molecule has 0 aliphatic carbocycles. The molecule has 4 heterocycles. The summed E-state index contributed by atoms with van der Waals surface area (Å²) in [6.45, 7) is 6.59. The monoisotopic (exact) mass is 409 g/mol. The predicted molar refractivity (Wildman–Crippen MR) is 113 cm³/mol. The number of rotatable bonds is 6. The maximum absolute atomic E-state index is 12.5. The maximum Gasteiger partial charge on any atom is 0.271 e. The van der Waals surface area contributed by atoms with E-state index in [1.165, 1.54) is 11.3 Å². The van der Waals surface area contributed by atoms with E-state index in [4.69, 9.17) is 0 Å². The van der Waals surface area contributed by atoms with Crippen LogP contribution in [0.2, 0.25) is 0 Å². The number of amides is 1. The standard InChI is InChI=1S/C20H23N7OS/c1-15(13-26-9-11-27(12-10-26)17-5-2-3-6-21-17)24-19(28)16-14-29-20(25-16)18-22-7-4-8-23-18/h2-8,14-15H,9-13H2,1H3,(H,24,28). The third kappa shape index (κ3) is 4.93. The van der Waals surface area contributed by atoms with Crippen molar-refractivity contribution >= 4 is 23.1 Å². The van der Waals surface area contributed by atoms with Crippen LogP contribution in [0.4, 0.5) is 5.82 Å². The Morgan fingerprint density at radius 2 is 1.86 bits per heavy atom. The summed E-state index contributed by atoms with van der Waals surface area (Å²) in [6.07, 6.45) is 5.16. The molecule has 3 aromatic rings. The van der Waals surface area contributed by atoms with Crippen LogP contribution >= 0.6 is 11.3 Å². The number of anilines is 1. The molecule has 0 spiro atoms. The zero-order valence-corrected chi connectivity index (χ0v) is 17.0. The molecular weight excluding hydrogens is 386 g/mol. The molecule has 3 aromatic heterocycles. The molecule has 9 heteroatoms. The molecule has 0 bridgehead atoms. The predicted octanol–water partition coefficient (Wildman–Crippen LogP) is 1.94. The number of nitrogens with zero attached hydrogens (tertiary/aromatic N) is 6. The van der Waals surface area contributed by atoms with E-state index < -0.39 is 0 Å². The first kappa shape index (κ1) is 19.4. The summed E-state index contributed by atoms with van der Waals surface area (Å²) in [4.78, 5) is 34.4.